The summed E-state index contributed by atoms with van der Waals surface area (Å²) in [6.07, 6.45) is 0. The molecule has 1 aromatic heterocycles. The van der Waals surface area contributed by atoms with Crippen molar-refractivity contribution in [1.82, 2.24) is 20.5 Å². The Hall–Kier alpha value is -3.00. The standard InChI is InChI=1S/C24H27IN6O4S/c1-13(2)18-11-16(25)8-9-19(18)26-20(32)12-36-24-28-22(29-30-24)21(14(3)4)27-23(33)15-6-5-7-17(10-15)31(34)35/h5-11,13-14,21H,12H2,1-4H3,(H,26,32)(H,27,33)(H,28,29,30)/t21-/m1/s1. The number of non-ortho nitro benzene ring substituents is 1. The number of anilines is 1. The molecule has 36 heavy (non-hydrogen) atoms. The summed E-state index contributed by atoms with van der Waals surface area (Å²) in [6, 6.07) is 10.9. The minimum atomic E-state index is -0.547. The van der Waals surface area contributed by atoms with Crippen LogP contribution in [-0.4, -0.2) is 37.7 Å². The first-order valence-electron chi connectivity index (χ1n) is 11.2. The maximum atomic E-state index is 12.7. The summed E-state index contributed by atoms with van der Waals surface area (Å²) >= 11 is 3.43. The van der Waals surface area contributed by atoms with Gasteiger partial charge in [-0.25, -0.2) is 4.98 Å². The Kier molecular flexibility index (Phi) is 9.43. The predicted octanol–water partition coefficient (Wildman–Crippen LogP) is 5.30. The molecule has 2 amide bonds. The van der Waals surface area contributed by atoms with Crippen LogP contribution in [0.4, 0.5) is 11.4 Å². The second kappa shape index (κ2) is 12.3. The fourth-order valence-corrected chi connectivity index (χ4v) is 4.56. The molecule has 0 spiro atoms. The molecule has 0 aliphatic rings. The SMILES string of the molecule is CC(C)c1cc(I)ccc1NC(=O)CSc1n[nH]c([C@H](NC(=O)c2cccc([N+](=O)[O-])c2)C(C)C)n1. The van der Waals surface area contributed by atoms with E-state index in [1.54, 1.807) is 0 Å². The monoisotopic (exact) mass is 622 g/mol. The molecule has 10 nitrogen and oxygen atoms in total. The zero-order valence-corrected chi connectivity index (χ0v) is 23.2. The number of benzene rings is 2. The van der Waals surface area contributed by atoms with Crippen LogP contribution in [0.25, 0.3) is 0 Å². The number of halogens is 1. The highest BCUT2D eigenvalue weighted by Gasteiger charge is 2.24. The summed E-state index contributed by atoms with van der Waals surface area (Å²) in [5, 5.41) is 24.2. The Balaban J connectivity index is 1.64. The number of aromatic amines is 1. The molecule has 3 aromatic rings. The number of carbonyl (C=O) groups excluding carboxylic acids is 2. The Morgan fingerprint density at radius 1 is 1.17 bits per heavy atom. The molecule has 0 radical (unpaired) electrons. The third kappa shape index (κ3) is 7.26. The number of nitrogens with zero attached hydrogens (tertiary/aromatic N) is 3. The largest absolute Gasteiger partial charge is 0.342 e. The minimum Gasteiger partial charge on any atom is -0.342 e. The van der Waals surface area contributed by atoms with Crippen LogP contribution in [0.15, 0.2) is 47.6 Å². The number of hydrogen-bond acceptors (Lipinski definition) is 7. The average molecular weight is 622 g/mol. The highest BCUT2D eigenvalue weighted by atomic mass is 127. The number of hydrogen-bond donors (Lipinski definition) is 3. The summed E-state index contributed by atoms with van der Waals surface area (Å²) in [6.45, 7) is 7.98. The second-order valence-electron chi connectivity index (χ2n) is 8.73. The zero-order valence-electron chi connectivity index (χ0n) is 20.2. The van der Waals surface area contributed by atoms with E-state index >= 15 is 0 Å². The van der Waals surface area contributed by atoms with Gasteiger partial charge in [0.05, 0.1) is 16.7 Å². The van der Waals surface area contributed by atoms with Gasteiger partial charge >= 0.3 is 0 Å². The highest BCUT2D eigenvalue weighted by Crippen LogP contribution is 2.27. The number of carbonyl (C=O) groups is 2. The number of thioether (sulfide) groups is 1. The van der Waals surface area contributed by atoms with Crippen LogP contribution in [0, 0.1) is 19.6 Å². The molecule has 0 saturated carbocycles. The molecule has 2 aromatic carbocycles. The molecule has 3 N–H and O–H groups in total. The fraction of sp³-hybridized carbons (Fsp3) is 0.333. The van der Waals surface area contributed by atoms with Gasteiger partial charge in [0.2, 0.25) is 11.1 Å². The van der Waals surface area contributed by atoms with E-state index in [0.29, 0.717) is 11.0 Å². The molecule has 190 valence electrons. The molecule has 12 heteroatoms. The Morgan fingerprint density at radius 3 is 2.58 bits per heavy atom. The highest BCUT2D eigenvalue weighted by molar-refractivity contribution is 14.1. The maximum absolute atomic E-state index is 12.7. The first-order chi connectivity index (χ1) is 17.0. The number of nitrogens with one attached hydrogen (secondary N) is 3. The first-order valence-corrected chi connectivity index (χ1v) is 13.3. The Bertz CT molecular complexity index is 1260. The van der Waals surface area contributed by atoms with Crippen molar-refractivity contribution in [2.75, 3.05) is 11.1 Å². The summed E-state index contributed by atoms with van der Waals surface area (Å²) in [5.41, 5.74) is 1.87. The second-order valence-corrected chi connectivity index (χ2v) is 10.9. The van der Waals surface area contributed by atoms with E-state index in [0.717, 1.165) is 14.8 Å². The first kappa shape index (κ1) is 27.6. The summed E-state index contributed by atoms with van der Waals surface area (Å²) < 4.78 is 1.11. The van der Waals surface area contributed by atoms with Gasteiger partial charge in [0.25, 0.3) is 11.6 Å². The lowest BCUT2D eigenvalue weighted by molar-refractivity contribution is -0.384. The van der Waals surface area contributed by atoms with Crippen molar-refractivity contribution in [3.05, 3.63) is 73.1 Å². The van der Waals surface area contributed by atoms with Crippen LogP contribution in [0.1, 0.15) is 61.4 Å². The van der Waals surface area contributed by atoms with E-state index < -0.39 is 16.9 Å². The van der Waals surface area contributed by atoms with Gasteiger partial charge in [0, 0.05) is 27.0 Å². The molecule has 0 saturated heterocycles. The van der Waals surface area contributed by atoms with E-state index in [9.17, 15) is 19.7 Å². The molecule has 0 fully saturated rings. The van der Waals surface area contributed by atoms with Crippen molar-refractivity contribution in [3.8, 4) is 0 Å². The number of H-pyrrole nitrogens is 1. The molecule has 1 heterocycles. The summed E-state index contributed by atoms with van der Waals surface area (Å²) in [4.78, 5) is 40.2. The lowest BCUT2D eigenvalue weighted by Crippen LogP contribution is -2.32. The molecular formula is C24H27IN6O4S. The molecule has 0 aliphatic heterocycles. The van der Waals surface area contributed by atoms with Gasteiger partial charge < -0.3 is 10.6 Å². The van der Waals surface area contributed by atoms with Crippen molar-refractivity contribution >= 4 is 57.5 Å². The van der Waals surface area contributed by atoms with Crippen molar-refractivity contribution in [1.29, 1.82) is 0 Å². The van der Waals surface area contributed by atoms with Crippen LogP contribution in [-0.2, 0) is 4.79 Å². The van der Waals surface area contributed by atoms with E-state index in [1.807, 2.05) is 26.0 Å². The molecule has 1 atom stereocenters. The van der Waals surface area contributed by atoms with Gasteiger partial charge in [0.15, 0.2) is 0 Å². The smallest absolute Gasteiger partial charge is 0.270 e. The lowest BCUT2D eigenvalue weighted by atomic mass is 10.0. The summed E-state index contributed by atoms with van der Waals surface area (Å²) in [5.74, 6) is 0.148. The van der Waals surface area contributed by atoms with Gasteiger partial charge in [-0.2, -0.15) is 0 Å². The Labute approximate surface area is 226 Å². The number of nitro benzene ring substituents is 1. The number of aromatic nitrogens is 3. The molecular weight excluding hydrogens is 595 g/mol. The van der Waals surface area contributed by atoms with E-state index in [4.69, 9.17) is 0 Å². The average Bonchev–Trinajstić information content (AvgIpc) is 3.30. The van der Waals surface area contributed by atoms with Crippen LogP contribution >= 0.6 is 34.4 Å². The van der Waals surface area contributed by atoms with Crippen LogP contribution in [0.2, 0.25) is 0 Å². The van der Waals surface area contributed by atoms with Crippen molar-refractivity contribution in [3.63, 3.8) is 0 Å². The minimum absolute atomic E-state index is 0.0444. The number of rotatable bonds is 10. The maximum Gasteiger partial charge on any atom is 0.270 e. The summed E-state index contributed by atoms with van der Waals surface area (Å²) in [7, 11) is 0. The van der Waals surface area contributed by atoms with Gasteiger partial charge in [-0.3, -0.25) is 24.8 Å². The number of nitro groups is 1. The van der Waals surface area contributed by atoms with Crippen LogP contribution in [0.5, 0.6) is 0 Å². The predicted molar refractivity (Wildman–Crippen MR) is 147 cm³/mol. The van der Waals surface area contributed by atoms with Crippen LogP contribution < -0.4 is 10.6 Å². The van der Waals surface area contributed by atoms with E-state index in [-0.39, 0.29) is 34.7 Å². The quantitative estimate of drug-likeness (QED) is 0.121. The van der Waals surface area contributed by atoms with Crippen molar-refractivity contribution in [2.45, 2.75) is 44.8 Å². The lowest BCUT2D eigenvalue weighted by Gasteiger charge is -2.19. The topological polar surface area (TPSA) is 143 Å². The van der Waals surface area contributed by atoms with Gasteiger partial charge in [-0.1, -0.05) is 45.5 Å². The molecule has 0 unspecified atom stereocenters. The van der Waals surface area contributed by atoms with Crippen LogP contribution in [0.3, 0.4) is 0 Å². The van der Waals surface area contributed by atoms with E-state index in [2.05, 4.69) is 68.3 Å². The van der Waals surface area contributed by atoms with Gasteiger partial charge in [-0.15, -0.1) is 5.10 Å². The Morgan fingerprint density at radius 2 is 1.92 bits per heavy atom. The third-order valence-corrected chi connectivity index (χ3v) is 6.81. The van der Waals surface area contributed by atoms with E-state index in [1.165, 1.54) is 36.0 Å². The number of amides is 2. The molecule has 3 rings (SSSR count). The molecule has 0 aliphatic carbocycles. The normalized spacial score (nSPS) is 12.0. The van der Waals surface area contributed by atoms with Crippen molar-refractivity contribution < 1.29 is 14.5 Å². The van der Waals surface area contributed by atoms with Gasteiger partial charge in [-0.05, 0) is 64.3 Å². The zero-order chi connectivity index (χ0) is 26.4. The van der Waals surface area contributed by atoms with Crippen molar-refractivity contribution in [2.24, 2.45) is 5.92 Å². The molecule has 0 bridgehead atoms. The fourth-order valence-electron chi connectivity index (χ4n) is 3.44. The van der Waals surface area contributed by atoms with Gasteiger partial charge in [0.1, 0.15) is 5.82 Å². The third-order valence-electron chi connectivity index (χ3n) is 5.29.